The summed E-state index contributed by atoms with van der Waals surface area (Å²) in [6, 6.07) is 9.45. The van der Waals surface area contributed by atoms with E-state index in [1.165, 1.54) is 0 Å². The molecule has 0 radical (unpaired) electrons. The fraction of sp³-hybridized carbons (Fsp3) is 0.217. The first-order valence-corrected chi connectivity index (χ1v) is 10.6. The van der Waals surface area contributed by atoms with Gasteiger partial charge in [0.15, 0.2) is 11.5 Å². The van der Waals surface area contributed by atoms with Gasteiger partial charge >= 0.3 is 0 Å². The zero-order chi connectivity index (χ0) is 23.4. The molecule has 0 aliphatic carbocycles. The monoisotopic (exact) mass is 459 g/mol. The van der Waals surface area contributed by atoms with Crippen LogP contribution < -0.4 is 14.8 Å². The first-order chi connectivity index (χ1) is 16.5. The molecule has 2 aromatic carbocycles. The molecule has 34 heavy (non-hydrogen) atoms. The molecule has 4 amide bonds. The zero-order valence-corrected chi connectivity index (χ0v) is 17.7. The number of carbonyl (C=O) groups excluding carboxylic acids is 4. The number of benzene rings is 2. The van der Waals surface area contributed by atoms with Gasteiger partial charge in [-0.05, 0) is 36.2 Å². The summed E-state index contributed by atoms with van der Waals surface area (Å²) in [5, 5.41) is 10.5. The van der Waals surface area contributed by atoms with Crippen molar-refractivity contribution in [1.82, 2.24) is 25.2 Å². The van der Waals surface area contributed by atoms with Crippen LogP contribution in [0.5, 0.6) is 11.5 Å². The molecule has 1 unspecified atom stereocenters. The van der Waals surface area contributed by atoms with Crippen LogP contribution in [0.15, 0.2) is 42.6 Å². The summed E-state index contributed by atoms with van der Waals surface area (Å²) in [6.45, 7) is 0.655. The summed E-state index contributed by atoms with van der Waals surface area (Å²) in [5.41, 5.74) is 2.50. The highest BCUT2D eigenvalue weighted by Gasteiger charge is 2.44. The highest BCUT2D eigenvalue weighted by molar-refractivity contribution is 6.23. The number of imide groups is 2. The van der Waals surface area contributed by atoms with Crippen LogP contribution >= 0.6 is 0 Å². The molecule has 1 fully saturated rings. The number of hydrogen-bond donors (Lipinski definition) is 1. The Bertz CT molecular complexity index is 1400. The topological polar surface area (TPSA) is 133 Å². The lowest BCUT2D eigenvalue weighted by molar-refractivity contribution is -0.136. The van der Waals surface area contributed by atoms with Crippen molar-refractivity contribution in [2.45, 2.75) is 25.4 Å². The van der Waals surface area contributed by atoms with E-state index < -0.39 is 29.7 Å². The summed E-state index contributed by atoms with van der Waals surface area (Å²) in [6.07, 6.45) is 1.92. The van der Waals surface area contributed by atoms with Gasteiger partial charge in [-0.2, -0.15) is 0 Å². The Hall–Kier alpha value is -4.54. The number of nitrogens with zero attached hydrogens (tertiary/aromatic N) is 4. The van der Waals surface area contributed by atoms with Crippen molar-refractivity contribution < 1.29 is 28.7 Å². The predicted molar refractivity (Wildman–Crippen MR) is 114 cm³/mol. The summed E-state index contributed by atoms with van der Waals surface area (Å²) < 4.78 is 12.4. The van der Waals surface area contributed by atoms with Crippen molar-refractivity contribution in [2.75, 3.05) is 6.79 Å². The molecule has 0 bridgehead atoms. The molecule has 3 aliphatic rings. The molecule has 1 saturated heterocycles. The molecule has 3 aliphatic heterocycles. The lowest BCUT2D eigenvalue weighted by atomic mass is 10.0. The number of amides is 4. The molecular weight excluding hydrogens is 442 g/mol. The summed E-state index contributed by atoms with van der Waals surface area (Å²) in [5.74, 6) is -0.787. The normalized spacial score (nSPS) is 18.9. The number of hydrogen-bond acceptors (Lipinski definition) is 8. The maximum Gasteiger partial charge on any atom is 0.262 e. The van der Waals surface area contributed by atoms with Crippen LogP contribution in [0.4, 0.5) is 0 Å². The van der Waals surface area contributed by atoms with E-state index >= 15 is 0 Å². The van der Waals surface area contributed by atoms with E-state index in [1.807, 2.05) is 18.2 Å². The SMILES string of the molecule is O=C1CCC(N2C(=O)c3ccc(-c4cn(Cc5ccc6c(c5)OCO6)nn4)cc3C2=O)C(=O)N1. The minimum absolute atomic E-state index is 0.0710. The molecule has 1 atom stereocenters. The second-order valence-electron chi connectivity index (χ2n) is 8.20. The Morgan fingerprint density at radius 2 is 1.79 bits per heavy atom. The molecule has 0 saturated carbocycles. The quantitative estimate of drug-likeness (QED) is 0.574. The van der Waals surface area contributed by atoms with E-state index in [2.05, 4.69) is 15.6 Å². The molecule has 1 aromatic heterocycles. The smallest absolute Gasteiger partial charge is 0.262 e. The fourth-order valence-corrected chi connectivity index (χ4v) is 4.36. The van der Waals surface area contributed by atoms with Gasteiger partial charge in [-0.1, -0.05) is 17.3 Å². The van der Waals surface area contributed by atoms with Crippen LogP contribution in [0.3, 0.4) is 0 Å². The second-order valence-corrected chi connectivity index (χ2v) is 8.20. The first kappa shape index (κ1) is 20.1. The Morgan fingerprint density at radius 1 is 0.971 bits per heavy atom. The average Bonchev–Trinajstić information content (AvgIpc) is 3.54. The molecule has 0 spiro atoms. The van der Waals surface area contributed by atoms with E-state index in [4.69, 9.17) is 9.47 Å². The van der Waals surface area contributed by atoms with Gasteiger partial charge < -0.3 is 9.47 Å². The molecule has 11 heteroatoms. The van der Waals surface area contributed by atoms with E-state index in [-0.39, 0.29) is 30.8 Å². The molecule has 170 valence electrons. The average molecular weight is 459 g/mol. The minimum Gasteiger partial charge on any atom is -0.454 e. The van der Waals surface area contributed by atoms with Crippen LogP contribution in [0.2, 0.25) is 0 Å². The van der Waals surface area contributed by atoms with Gasteiger partial charge in [0.2, 0.25) is 18.6 Å². The molecular formula is C23H17N5O6. The van der Waals surface area contributed by atoms with Crippen LogP contribution in [0.25, 0.3) is 11.3 Å². The number of ether oxygens (including phenoxy) is 2. The number of nitrogens with one attached hydrogen (secondary N) is 1. The van der Waals surface area contributed by atoms with E-state index in [9.17, 15) is 19.2 Å². The van der Waals surface area contributed by atoms with E-state index in [0.29, 0.717) is 29.3 Å². The standard InChI is InChI=1S/C23H17N5O6/c29-20-6-4-17(21(30)24-20)28-22(31)14-3-2-13(8-15(14)23(28)32)16-10-27(26-25-16)9-12-1-5-18-19(7-12)34-11-33-18/h1-3,5,7-8,10,17H,4,6,9,11H2,(H,24,29,30). The second kappa shape index (κ2) is 7.51. The third kappa shape index (κ3) is 3.20. The number of rotatable bonds is 4. The molecule has 4 heterocycles. The van der Waals surface area contributed by atoms with Gasteiger partial charge in [0, 0.05) is 12.0 Å². The third-order valence-electron chi connectivity index (χ3n) is 6.06. The van der Waals surface area contributed by atoms with E-state index in [1.54, 1.807) is 29.1 Å². The zero-order valence-electron chi connectivity index (χ0n) is 17.7. The number of carbonyl (C=O) groups is 4. The van der Waals surface area contributed by atoms with E-state index in [0.717, 1.165) is 10.5 Å². The molecule has 6 rings (SSSR count). The third-order valence-corrected chi connectivity index (χ3v) is 6.06. The van der Waals surface area contributed by atoms with Gasteiger partial charge in [-0.15, -0.1) is 5.10 Å². The van der Waals surface area contributed by atoms with Gasteiger partial charge in [-0.25, -0.2) is 4.68 Å². The van der Waals surface area contributed by atoms with Crippen LogP contribution in [0, 0.1) is 0 Å². The predicted octanol–water partition coefficient (Wildman–Crippen LogP) is 1.12. The van der Waals surface area contributed by atoms with Crippen molar-refractivity contribution in [3.63, 3.8) is 0 Å². The highest BCUT2D eigenvalue weighted by atomic mass is 16.7. The van der Waals surface area contributed by atoms with Crippen LogP contribution in [-0.4, -0.2) is 56.4 Å². The Morgan fingerprint density at radius 3 is 2.65 bits per heavy atom. The minimum atomic E-state index is -1.00. The molecule has 1 N–H and O–H groups in total. The summed E-state index contributed by atoms with van der Waals surface area (Å²) >= 11 is 0. The van der Waals surface area contributed by atoms with Crippen molar-refractivity contribution >= 4 is 23.6 Å². The first-order valence-electron chi connectivity index (χ1n) is 10.6. The van der Waals surface area contributed by atoms with Crippen molar-refractivity contribution in [1.29, 1.82) is 0 Å². The Labute approximate surface area is 192 Å². The van der Waals surface area contributed by atoms with Gasteiger partial charge in [0.1, 0.15) is 11.7 Å². The van der Waals surface area contributed by atoms with Crippen molar-refractivity contribution in [2.24, 2.45) is 0 Å². The number of piperidine rings is 1. The molecule has 3 aromatic rings. The summed E-state index contributed by atoms with van der Waals surface area (Å²) in [7, 11) is 0. The highest BCUT2D eigenvalue weighted by Crippen LogP contribution is 2.33. The lowest BCUT2D eigenvalue weighted by Crippen LogP contribution is -2.54. The maximum absolute atomic E-state index is 13.0. The largest absolute Gasteiger partial charge is 0.454 e. The summed E-state index contributed by atoms with van der Waals surface area (Å²) in [4.78, 5) is 50.5. The van der Waals surface area contributed by atoms with Crippen molar-refractivity contribution in [3.05, 3.63) is 59.3 Å². The Balaban J connectivity index is 1.24. The van der Waals surface area contributed by atoms with Gasteiger partial charge in [0.05, 0.1) is 23.9 Å². The van der Waals surface area contributed by atoms with Gasteiger partial charge in [-0.3, -0.25) is 29.4 Å². The van der Waals surface area contributed by atoms with Gasteiger partial charge in [0.25, 0.3) is 11.8 Å². The number of fused-ring (bicyclic) bond motifs is 2. The van der Waals surface area contributed by atoms with Crippen molar-refractivity contribution in [3.8, 4) is 22.8 Å². The number of aromatic nitrogens is 3. The van der Waals surface area contributed by atoms with Crippen LogP contribution in [-0.2, 0) is 16.1 Å². The maximum atomic E-state index is 13.0. The molecule has 11 nitrogen and oxygen atoms in total. The van der Waals surface area contributed by atoms with Crippen LogP contribution in [0.1, 0.15) is 39.1 Å². The Kier molecular flexibility index (Phi) is 4.44. The lowest BCUT2D eigenvalue weighted by Gasteiger charge is -2.27. The fourth-order valence-electron chi connectivity index (χ4n) is 4.36.